The second-order valence-corrected chi connectivity index (χ2v) is 9.66. The van der Waals surface area contributed by atoms with Gasteiger partial charge >= 0.3 is 12.1 Å². The Labute approximate surface area is 199 Å². The highest BCUT2D eigenvalue weighted by Gasteiger charge is 2.43. The van der Waals surface area contributed by atoms with Crippen LogP contribution in [0.15, 0.2) is 48.5 Å². The van der Waals surface area contributed by atoms with Gasteiger partial charge in [-0.3, -0.25) is 9.59 Å². The van der Waals surface area contributed by atoms with E-state index in [0.29, 0.717) is 13.0 Å². The molecule has 0 bridgehead atoms. The number of nitrogens with zero attached hydrogens (tertiary/aromatic N) is 2. The summed E-state index contributed by atoms with van der Waals surface area (Å²) in [6.07, 6.45) is -0.282. The van der Waals surface area contributed by atoms with E-state index in [1.165, 1.54) is 4.90 Å². The lowest BCUT2D eigenvalue weighted by molar-refractivity contribution is -0.147. The molecule has 2 amide bonds. The molecule has 1 fully saturated rings. The summed E-state index contributed by atoms with van der Waals surface area (Å²) in [7, 11) is 3.62. The summed E-state index contributed by atoms with van der Waals surface area (Å²) >= 11 is 0. The summed E-state index contributed by atoms with van der Waals surface area (Å²) in [6, 6.07) is 15.4. The molecule has 4 rings (SSSR count). The van der Waals surface area contributed by atoms with Crippen molar-refractivity contribution in [1.29, 1.82) is 0 Å². The van der Waals surface area contributed by atoms with Crippen LogP contribution < -0.4 is 5.32 Å². The molecule has 0 saturated carbocycles. The van der Waals surface area contributed by atoms with Crippen LogP contribution in [0.5, 0.6) is 0 Å². The summed E-state index contributed by atoms with van der Waals surface area (Å²) in [5.41, 5.74) is 3.54. The number of amides is 2. The van der Waals surface area contributed by atoms with E-state index in [1.807, 2.05) is 50.5 Å². The number of fused-ring (bicyclic) bond motifs is 3. The monoisotopic (exact) mass is 465 g/mol. The predicted molar refractivity (Wildman–Crippen MR) is 127 cm³/mol. The van der Waals surface area contributed by atoms with Crippen LogP contribution in [0.25, 0.3) is 11.1 Å². The number of benzene rings is 2. The Kier molecular flexibility index (Phi) is 6.61. The lowest BCUT2D eigenvalue weighted by Gasteiger charge is -2.27. The smallest absolute Gasteiger partial charge is 0.407 e. The number of alkyl carbamates (subject to hydrolysis) is 1. The minimum Gasteiger partial charge on any atom is -0.481 e. The number of hydrogen-bond acceptors (Lipinski definition) is 5. The van der Waals surface area contributed by atoms with Gasteiger partial charge in [-0.2, -0.15) is 0 Å². The van der Waals surface area contributed by atoms with Crippen molar-refractivity contribution in [2.24, 2.45) is 5.41 Å². The van der Waals surface area contributed by atoms with E-state index in [4.69, 9.17) is 4.74 Å². The van der Waals surface area contributed by atoms with Gasteiger partial charge in [-0.05, 0) is 49.7 Å². The van der Waals surface area contributed by atoms with Gasteiger partial charge in [0.05, 0.1) is 5.41 Å². The molecular weight excluding hydrogens is 434 g/mol. The van der Waals surface area contributed by atoms with Gasteiger partial charge in [0.15, 0.2) is 0 Å². The van der Waals surface area contributed by atoms with Gasteiger partial charge in [-0.1, -0.05) is 48.5 Å². The molecule has 2 N–H and O–H groups in total. The molecule has 8 heteroatoms. The van der Waals surface area contributed by atoms with Gasteiger partial charge in [-0.15, -0.1) is 0 Å². The Bertz CT molecular complexity index is 1060. The molecule has 1 aliphatic carbocycles. The highest BCUT2D eigenvalue weighted by molar-refractivity contribution is 5.87. The number of nitrogens with one attached hydrogen (secondary N) is 1. The summed E-state index contributed by atoms with van der Waals surface area (Å²) in [5, 5.41) is 12.2. The lowest BCUT2D eigenvalue weighted by Crippen LogP contribution is -2.53. The van der Waals surface area contributed by atoms with Crippen molar-refractivity contribution in [1.82, 2.24) is 15.1 Å². The zero-order chi connectivity index (χ0) is 24.5. The van der Waals surface area contributed by atoms with Crippen LogP contribution in [0.1, 0.15) is 30.4 Å². The molecule has 1 saturated heterocycles. The van der Waals surface area contributed by atoms with Gasteiger partial charge in [0.2, 0.25) is 5.91 Å². The van der Waals surface area contributed by atoms with Gasteiger partial charge in [0.25, 0.3) is 0 Å². The number of likely N-dealkylation sites (tertiary alicyclic amines) is 1. The average Bonchev–Trinajstić information content (AvgIpc) is 3.36. The molecule has 180 valence electrons. The van der Waals surface area contributed by atoms with Crippen LogP contribution in [0.3, 0.4) is 0 Å². The SMILES string of the molecule is CN(C)CC(NC(=O)OCC1c2ccccc2-c2ccccc21)C(=O)N1CCC(C)(C(=O)O)C1. The fourth-order valence-electron chi connectivity index (χ4n) is 4.88. The minimum atomic E-state index is -0.970. The van der Waals surface area contributed by atoms with Crippen LogP contribution in [0.2, 0.25) is 0 Å². The number of carboxylic acid groups (broad SMARTS) is 1. The average molecular weight is 466 g/mol. The molecule has 2 aromatic rings. The van der Waals surface area contributed by atoms with Crippen molar-refractivity contribution in [2.45, 2.75) is 25.3 Å². The quantitative estimate of drug-likeness (QED) is 0.653. The van der Waals surface area contributed by atoms with Gasteiger partial charge in [-0.25, -0.2) is 4.79 Å². The predicted octanol–water partition coefficient (Wildman–Crippen LogP) is 2.78. The molecule has 0 spiro atoms. The minimum absolute atomic E-state index is 0.0731. The Morgan fingerprint density at radius 3 is 2.24 bits per heavy atom. The molecule has 0 radical (unpaired) electrons. The van der Waals surface area contributed by atoms with Crippen molar-refractivity contribution >= 4 is 18.0 Å². The number of likely N-dealkylation sites (N-methyl/N-ethyl adjacent to an activating group) is 1. The maximum Gasteiger partial charge on any atom is 0.407 e. The summed E-state index contributed by atoms with van der Waals surface area (Å²) < 4.78 is 5.61. The Morgan fingerprint density at radius 1 is 1.12 bits per heavy atom. The highest BCUT2D eigenvalue weighted by atomic mass is 16.5. The first kappa shape index (κ1) is 23.8. The number of ether oxygens (including phenoxy) is 1. The van der Waals surface area contributed by atoms with E-state index in [-0.39, 0.29) is 31.5 Å². The van der Waals surface area contributed by atoms with Crippen molar-refractivity contribution in [3.63, 3.8) is 0 Å². The van der Waals surface area contributed by atoms with E-state index in [0.717, 1.165) is 22.3 Å². The molecule has 2 aromatic carbocycles. The molecular formula is C26H31N3O5. The van der Waals surface area contributed by atoms with Crippen molar-refractivity contribution in [3.05, 3.63) is 59.7 Å². The van der Waals surface area contributed by atoms with Crippen molar-refractivity contribution in [3.8, 4) is 11.1 Å². The number of carbonyl (C=O) groups excluding carboxylic acids is 2. The Morgan fingerprint density at radius 2 is 1.71 bits per heavy atom. The third-order valence-corrected chi connectivity index (χ3v) is 6.78. The molecule has 1 aliphatic heterocycles. The first-order chi connectivity index (χ1) is 16.2. The first-order valence-electron chi connectivity index (χ1n) is 11.5. The van der Waals surface area contributed by atoms with Gasteiger partial charge in [0, 0.05) is 25.6 Å². The summed E-state index contributed by atoms with van der Waals surface area (Å²) in [4.78, 5) is 40.8. The van der Waals surface area contributed by atoms with Crippen LogP contribution >= 0.6 is 0 Å². The third-order valence-electron chi connectivity index (χ3n) is 6.78. The van der Waals surface area contributed by atoms with Crippen LogP contribution in [0.4, 0.5) is 4.79 Å². The van der Waals surface area contributed by atoms with Crippen molar-refractivity contribution in [2.75, 3.05) is 40.3 Å². The standard InChI is InChI=1S/C26H31N3O5/c1-26(24(31)32)12-13-29(16-26)23(30)22(14-28(2)3)27-25(33)34-15-21-19-10-6-4-8-17(19)18-9-5-7-11-20(18)21/h4-11,21-22H,12-16H2,1-3H3,(H,27,33)(H,31,32). The maximum absolute atomic E-state index is 13.2. The van der Waals surface area contributed by atoms with E-state index in [9.17, 15) is 19.5 Å². The highest BCUT2D eigenvalue weighted by Crippen LogP contribution is 2.44. The fourth-order valence-corrected chi connectivity index (χ4v) is 4.88. The topological polar surface area (TPSA) is 99.2 Å². The van der Waals surface area contributed by atoms with Crippen molar-refractivity contribution < 1.29 is 24.2 Å². The fraction of sp³-hybridized carbons (Fsp3) is 0.423. The van der Waals surface area contributed by atoms with E-state index in [1.54, 1.807) is 11.8 Å². The Balaban J connectivity index is 1.42. The zero-order valence-electron chi connectivity index (χ0n) is 19.8. The second kappa shape index (κ2) is 9.46. The summed E-state index contributed by atoms with van der Waals surface area (Å²) in [5.74, 6) is -1.29. The number of aliphatic carboxylic acids is 1. The largest absolute Gasteiger partial charge is 0.481 e. The van der Waals surface area contributed by atoms with E-state index >= 15 is 0 Å². The second-order valence-electron chi connectivity index (χ2n) is 9.66. The molecule has 0 aromatic heterocycles. The molecule has 2 unspecified atom stereocenters. The number of carboxylic acids is 1. The first-order valence-corrected chi connectivity index (χ1v) is 11.5. The molecule has 2 aliphatic rings. The van der Waals surface area contributed by atoms with Crippen LogP contribution in [0, 0.1) is 5.41 Å². The van der Waals surface area contributed by atoms with Gasteiger partial charge in [0.1, 0.15) is 12.6 Å². The summed E-state index contributed by atoms with van der Waals surface area (Å²) in [6.45, 7) is 2.55. The number of hydrogen-bond donors (Lipinski definition) is 2. The van der Waals surface area contributed by atoms with Gasteiger partial charge < -0.3 is 25.0 Å². The normalized spacial score (nSPS) is 20.1. The number of carbonyl (C=O) groups is 3. The Hall–Kier alpha value is -3.39. The van der Waals surface area contributed by atoms with E-state index < -0.39 is 23.5 Å². The molecule has 2 atom stereocenters. The molecule has 34 heavy (non-hydrogen) atoms. The third kappa shape index (κ3) is 4.63. The van der Waals surface area contributed by atoms with Crippen LogP contribution in [-0.4, -0.2) is 79.3 Å². The molecule has 8 nitrogen and oxygen atoms in total. The number of rotatable bonds is 7. The zero-order valence-corrected chi connectivity index (χ0v) is 19.8. The van der Waals surface area contributed by atoms with Crippen LogP contribution in [-0.2, 0) is 14.3 Å². The lowest BCUT2D eigenvalue weighted by atomic mass is 9.90. The maximum atomic E-state index is 13.2. The molecule has 1 heterocycles. The van der Waals surface area contributed by atoms with E-state index in [2.05, 4.69) is 17.4 Å².